The first-order valence-electron chi connectivity index (χ1n) is 16.0. The van der Waals surface area contributed by atoms with Gasteiger partial charge in [0.25, 0.3) is 5.95 Å². The van der Waals surface area contributed by atoms with Gasteiger partial charge in [-0.3, -0.25) is 4.90 Å². The molecule has 0 bridgehead atoms. The smallest absolute Gasteiger partial charge is 0.416 e. The Kier molecular flexibility index (Phi) is 11.0. The van der Waals surface area contributed by atoms with Gasteiger partial charge >= 0.3 is 18.5 Å². The summed E-state index contributed by atoms with van der Waals surface area (Å²) in [6.45, 7) is 2.48. The Morgan fingerprint density at radius 2 is 1.43 bits per heavy atom. The van der Waals surface area contributed by atoms with E-state index < -0.39 is 47.3 Å². The molecule has 1 aliphatic rings. The van der Waals surface area contributed by atoms with Crippen LogP contribution in [0.15, 0.2) is 40.8 Å². The summed E-state index contributed by atoms with van der Waals surface area (Å²) in [5.74, 6) is 0.792. The van der Waals surface area contributed by atoms with Crippen molar-refractivity contribution >= 4 is 5.95 Å². The first kappa shape index (κ1) is 38.0. The Morgan fingerprint density at radius 1 is 0.804 bits per heavy atom. The number of benzene rings is 2. The van der Waals surface area contributed by atoms with Crippen LogP contribution in [-0.4, -0.2) is 67.4 Å². The predicted octanol–water partition coefficient (Wildman–Crippen LogP) is 7.25. The predicted molar refractivity (Wildman–Crippen MR) is 165 cm³/mol. The molecule has 1 atom stereocenters. The van der Waals surface area contributed by atoms with Gasteiger partial charge in [0.15, 0.2) is 0 Å². The molecule has 0 N–H and O–H groups in total. The van der Waals surface area contributed by atoms with Crippen LogP contribution in [0.1, 0.15) is 83.3 Å². The normalized spacial score (nSPS) is 15.9. The summed E-state index contributed by atoms with van der Waals surface area (Å²) in [4.78, 5) is 6.26. The average molecular weight is 734 g/mol. The summed E-state index contributed by atoms with van der Waals surface area (Å²) in [7, 11) is 5.14. The number of hydrogen-bond donors (Lipinski definition) is 0. The van der Waals surface area contributed by atoms with Gasteiger partial charge in [-0.25, -0.2) is 0 Å². The summed E-state index contributed by atoms with van der Waals surface area (Å²) in [5, 5.41) is 20.0. The van der Waals surface area contributed by atoms with Crippen molar-refractivity contribution in [2.75, 3.05) is 32.1 Å². The van der Waals surface area contributed by atoms with Crippen LogP contribution in [0.3, 0.4) is 0 Å². The number of tetrazole rings is 1. The number of nitrogens with zero attached hydrogens (tertiary/aromatic N) is 9. The molecule has 0 saturated carbocycles. The third kappa shape index (κ3) is 9.35. The van der Waals surface area contributed by atoms with Crippen molar-refractivity contribution in [1.82, 2.24) is 40.2 Å². The van der Waals surface area contributed by atoms with Crippen LogP contribution in [0.25, 0.3) is 0 Å². The van der Waals surface area contributed by atoms with Gasteiger partial charge in [-0.1, -0.05) is 18.1 Å². The summed E-state index contributed by atoms with van der Waals surface area (Å²) in [5.41, 5.74) is -3.75. The fourth-order valence-corrected chi connectivity index (χ4v) is 6.28. The van der Waals surface area contributed by atoms with Crippen LogP contribution < -0.4 is 4.90 Å². The fourth-order valence-electron chi connectivity index (χ4n) is 6.28. The average Bonchev–Trinajstić information content (AvgIpc) is 3.69. The second-order valence-corrected chi connectivity index (χ2v) is 12.8. The lowest BCUT2D eigenvalue weighted by molar-refractivity contribution is -0.143. The molecule has 2 aromatic carbocycles. The van der Waals surface area contributed by atoms with E-state index in [0.29, 0.717) is 68.4 Å². The van der Waals surface area contributed by atoms with Crippen LogP contribution in [0.5, 0.6) is 0 Å². The van der Waals surface area contributed by atoms with E-state index in [4.69, 9.17) is 4.42 Å². The molecule has 1 saturated heterocycles. The molecule has 19 heteroatoms. The van der Waals surface area contributed by atoms with Gasteiger partial charge < -0.3 is 14.2 Å². The molecule has 1 unspecified atom stereocenters. The van der Waals surface area contributed by atoms with Gasteiger partial charge in [0, 0.05) is 25.0 Å². The number of likely N-dealkylation sites (tertiary alicyclic amines) is 1. The Bertz CT molecular complexity index is 1740. The summed E-state index contributed by atoms with van der Waals surface area (Å²) in [6, 6.07) is 4.05. The summed E-state index contributed by atoms with van der Waals surface area (Å²) in [6.07, 6.45) is -13.2. The Morgan fingerprint density at radius 3 is 1.96 bits per heavy atom. The topological polar surface area (TPSA) is 92.2 Å². The zero-order valence-electron chi connectivity index (χ0n) is 28.1. The van der Waals surface area contributed by atoms with Gasteiger partial charge in [0.2, 0.25) is 11.8 Å². The highest BCUT2D eigenvalue weighted by atomic mass is 19.4. The molecule has 0 radical (unpaired) electrons. The zero-order chi connectivity index (χ0) is 37.3. The molecule has 51 heavy (non-hydrogen) atoms. The van der Waals surface area contributed by atoms with Crippen LogP contribution in [-0.2, 0) is 45.2 Å². The molecule has 278 valence electrons. The molecule has 2 aromatic heterocycles. The third-order valence-corrected chi connectivity index (χ3v) is 8.63. The van der Waals surface area contributed by atoms with Gasteiger partial charge in [-0.15, -0.1) is 15.3 Å². The van der Waals surface area contributed by atoms with Crippen LogP contribution in [0, 0.1) is 0 Å². The van der Waals surface area contributed by atoms with E-state index in [9.17, 15) is 39.5 Å². The van der Waals surface area contributed by atoms with Crippen LogP contribution in [0.2, 0.25) is 0 Å². The lowest BCUT2D eigenvalue weighted by Crippen LogP contribution is -2.37. The Hall–Kier alpha value is -4.26. The van der Waals surface area contributed by atoms with Crippen molar-refractivity contribution in [1.29, 1.82) is 0 Å². The van der Waals surface area contributed by atoms with E-state index >= 15 is 0 Å². The molecule has 4 aromatic rings. The number of anilines is 1. The van der Waals surface area contributed by atoms with Crippen molar-refractivity contribution < 1.29 is 43.9 Å². The maximum absolute atomic E-state index is 14.0. The zero-order valence-corrected chi connectivity index (χ0v) is 28.1. The highest BCUT2D eigenvalue weighted by Gasteiger charge is 2.38. The SMILES string of the molecule is CCC(c1ccc(C(F)(F)F)cc1CN(Cc1cc(C(F)(F)F)cc(C(F)(F)F)c1)c1nnn(C)n1)N1CCC(c2nnc(CN(C)C)o2)CC1. The molecule has 5 rings (SSSR count). The lowest BCUT2D eigenvalue weighted by Gasteiger charge is -2.38. The Balaban J connectivity index is 1.48. The maximum Gasteiger partial charge on any atom is 0.416 e. The van der Waals surface area contributed by atoms with E-state index in [0.717, 1.165) is 16.9 Å². The molecular weight excluding hydrogens is 697 g/mol. The number of hydrogen-bond acceptors (Lipinski definition) is 9. The number of rotatable bonds is 11. The maximum atomic E-state index is 14.0. The molecule has 1 fully saturated rings. The highest BCUT2D eigenvalue weighted by molar-refractivity contribution is 5.42. The fraction of sp³-hybridized carbons (Fsp3) is 0.531. The quantitative estimate of drug-likeness (QED) is 0.148. The molecule has 0 amide bonds. The van der Waals surface area contributed by atoms with Crippen LogP contribution in [0.4, 0.5) is 45.5 Å². The molecule has 3 heterocycles. The van der Waals surface area contributed by atoms with E-state index in [1.807, 2.05) is 25.9 Å². The monoisotopic (exact) mass is 733 g/mol. The number of piperidine rings is 1. The molecular formula is C32H36F9N9O. The second-order valence-electron chi connectivity index (χ2n) is 12.8. The minimum absolute atomic E-state index is 0.00945. The van der Waals surface area contributed by atoms with E-state index in [1.54, 1.807) is 0 Å². The molecule has 0 aliphatic carbocycles. The molecule has 0 spiro atoms. The van der Waals surface area contributed by atoms with Gasteiger partial charge in [-0.05, 0) is 98.7 Å². The largest absolute Gasteiger partial charge is 0.424 e. The highest BCUT2D eigenvalue weighted by Crippen LogP contribution is 2.39. The molecule has 1 aliphatic heterocycles. The minimum atomic E-state index is -5.10. The van der Waals surface area contributed by atoms with Crippen LogP contribution >= 0.6 is 0 Å². The van der Waals surface area contributed by atoms with Gasteiger partial charge in [0.05, 0.1) is 30.3 Å². The van der Waals surface area contributed by atoms with Crippen molar-refractivity contribution in [3.8, 4) is 0 Å². The van der Waals surface area contributed by atoms with Gasteiger partial charge in [0.1, 0.15) is 0 Å². The van der Waals surface area contributed by atoms with Crippen molar-refractivity contribution in [2.24, 2.45) is 7.05 Å². The van der Waals surface area contributed by atoms with E-state index in [1.165, 1.54) is 18.0 Å². The standard InChI is InChI=1S/C32H36F9N9O/c1-5-26(49-10-8-20(9-11-49)28-43-42-27(51-28)18-47(2)3)25-7-6-22(30(33,34)35)14-21(25)17-50(29-44-46-48(4)45-29)16-19-12-23(31(36,37)38)15-24(13-19)32(39,40)41/h6-7,12-15,20,26H,5,8-11,16-18H2,1-4H3. The number of aromatic nitrogens is 6. The van der Waals surface area contributed by atoms with Gasteiger partial charge in [-0.2, -0.15) is 44.3 Å². The van der Waals surface area contributed by atoms with Crippen molar-refractivity contribution in [3.63, 3.8) is 0 Å². The van der Waals surface area contributed by atoms with Crippen molar-refractivity contribution in [2.45, 2.75) is 76.3 Å². The summed E-state index contributed by atoms with van der Waals surface area (Å²) >= 11 is 0. The number of aryl methyl sites for hydroxylation is 1. The molecule has 10 nitrogen and oxygen atoms in total. The third-order valence-electron chi connectivity index (χ3n) is 8.63. The first-order chi connectivity index (χ1) is 23.8. The van der Waals surface area contributed by atoms with E-state index in [2.05, 4.69) is 30.5 Å². The van der Waals surface area contributed by atoms with E-state index in [-0.39, 0.29) is 36.1 Å². The number of alkyl halides is 9. The summed E-state index contributed by atoms with van der Waals surface area (Å²) < 4.78 is 130. The Labute approximate surface area is 287 Å². The number of halogens is 9. The first-order valence-corrected chi connectivity index (χ1v) is 16.0. The van der Waals surface area contributed by atoms with Crippen molar-refractivity contribution in [3.05, 3.63) is 81.6 Å². The second kappa shape index (κ2) is 14.8. The lowest BCUT2D eigenvalue weighted by atomic mass is 9.90. The minimum Gasteiger partial charge on any atom is -0.424 e.